The van der Waals surface area contributed by atoms with E-state index in [0.717, 1.165) is 0 Å². The maximum absolute atomic E-state index is 13.1. The highest BCUT2D eigenvalue weighted by atomic mass is 19.1. The number of aliphatic imine (C=N–C) groups is 1. The van der Waals surface area contributed by atoms with E-state index in [9.17, 15) is 14.3 Å². The molecule has 4 rings (SSSR count). The number of hydrogen-bond donors (Lipinski definition) is 1. The van der Waals surface area contributed by atoms with E-state index in [-0.39, 0.29) is 17.3 Å². The maximum Gasteiger partial charge on any atom is 0.265 e. The van der Waals surface area contributed by atoms with E-state index in [2.05, 4.69) is 4.99 Å². The summed E-state index contributed by atoms with van der Waals surface area (Å²) in [5, 5.41) is 12.0. The molecule has 0 atom stereocenters. The number of benzene rings is 3. The Labute approximate surface area is 166 Å². The van der Waals surface area contributed by atoms with Crippen LogP contribution in [0.15, 0.2) is 82.6 Å². The minimum atomic E-state index is -0.356. The highest BCUT2D eigenvalue weighted by molar-refractivity contribution is 6.02. The molecule has 6 heteroatoms. The van der Waals surface area contributed by atoms with Gasteiger partial charge in [-0.1, -0.05) is 18.2 Å². The summed E-state index contributed by atoms with van der Waals surface area (Å²) in [6, 6.07) is 19.5. The highest BCUT2D eigenvalue weighted by Gasteiger charge is 2.16. The minimum Gasteiger partial charge on any atom is -0.497 e. The number of methoxy groups -OCH3 is 1. The summed E-state index contributed by atoms with van der Waals surface area (Å²) in [4.78, 5) is 17.4. The van der Waals surface area contributed by atoms with Crippen LogP contribution < -0.4 is 10.3 Å². The molecule has 0 aliphatic carbocycles. The van der Waals surface area contributed by atoms with Crippen molar-refractivity contribution in [1.82, 2.24) is 4.57 Å². The molecule has 0 fully saturated rings. The number of aromatic hydroxyl groups is 1. The first-order valence-electron chi connectivity index (χ1n) is 8.89. The molecule has 0 amide bonds. The number of aromatic nitrogens is 1. The number of halogens is 1. The third-order valence-electron chi connectivity index (χ3n) is 4.60. The van der Waals surface area contributed by atoms with Gasteiger partial charge in [0.2, 0.25) is 5.88 Å². The van der Waals surface area contributed by atoms with E-state index in [4.69, 9.17) is 4.74 Å². The van der Waals surface area contributed by atoms with E-state index in [1.807, 2.05) is 0 Å². The number of hydrogen-bond acceptors (Lipinski definition) is 4. The summed E-state index contributed by atoms with van der Waals surface area (Å²) >= 11 is 0. The van der Waals surface area contributed by atoms with Crippen molar-refractivity contribution < 1.29 is 14.2 Å². The van der Waals surface area contributed by atoms with Crippen LogP contribution in [-0.4, -0.2) is 23.0 Å². The molecule has 1 heterocycles. The second kappa shape index (κ2) is 7.59. The van der Waals surface area contributed by atoms with Gasteiger partial charge in [0.15, 0.2) is 0 Å². The van der Waals surface area contributed by atoms with Crippen molar-refractivity contribution in [1.29, 1.82) is 0 Å². The number of nitrogens with zero attached hydrogens (tertiary/aromatic N) is 2. The van der Waals surface area contributed by atoms with Gasteiger partial charge in [-0.3, -0.25) is 9.79 Å². The van der Waals surface area contributed by atoms with E-state index >= 15 is 0 Å². The van der Waals surface area contributed by atoms with Crippen LogP contribution in [0, 0.1) is 5.82 Å². The SMILES string of the molecule is COc1ccc(-n2c(O)c(C=Nc3ccc(F)cc3)c3ccccc3c2=O)cc1. The van der Waals surface area contributed by atoms with Crippen LogP contribution in [0.1, 0.15) is 5.56 Å². The van der Waals surface area contributed by atoms with Gasteiger partial charge in [0, 0.05) is 17.0 Å². The quantitative estimate of drug-likeness (QED) is 0.520. The Morgan fingerprint density at radius 3 is 2.28 bits per heavy atom. The summed E-state index contributed by atoms with van der Waals surface area (Å²) in [6.07, 6.45) is 1.48. The molecule has 1 N–H and O–H groups in total. The molecule has 0 unspecified atom stereocenters. The summed E-state index contributed by atoms with van der Waals surface area (Å²) in [5.41, 5.74) is 1.06. The topological polar surface area (TPSA) is 63.8 Å². The first-order valence-corrected chi connectivity index (χ1v) is 8.89. The fourth-order valence-corrected chi connectivity index (χ4v) is 3.13. The molecule has 4 aromatic rings. The van der Waals surface area contributed by atoms with Crippen molar-refractivity contribution in [3.05, 3.63) is 94.5 Å². The summed E-state index contributed by atoms with van der Waals surface area (Å²) in [5.74, 6) is 0.0511. The minimum absolute atomic E-state index is 0.232. The Morgan fingerprint density at radius 2 is 1.62 bits per heavy atom. The van der Waals surface area contributed by atoms with E-state index in [0.29, 0.717) is 33.5 Å². The van der Waals surface area contributed by atoms with Crippen LogP contribution in [0.3, 0.4) is 0 Å². The molecular weight excluding hydrogens is 371 g/mol. The lowest BCUT2D eigenvalue weighted by molar-refractivity contribution is 0.414. The Morgan fingerprint density at radius 1 is 0.966 bits per heavy atom. The molecule has 0 aliphatic rings. The van der Waals surface area contributed by atoms with Crippen LogP contribution >= 0.6 is 0 Å². The third kappa shape index (κ3) is 3.48. The average Bonchev–Trinajstić information content (AvgIpc) is 2.75. The first kappa shape index (κ1) is 18.4. The zero-order valence-electron chi connectivity index (χ0n) is 15.5. The smallest absolute Gasteiger partial charge is 0.265 e. The monoisotopic (exact) mass is 388 g/mol. The van der Waals surface area contributed by atoms with Gasteiger partial charge in [-0.05, 0) is 54.6 Å². The lowest BCUT2D eigenvalue weighted by atomic mass is 10.1. The molecule has 0 bridgehead atoms. The summed E-state index contributed by atoms with van der Waals surface area (Å²) < 4.78 is 19.5. The van der Waals surface area contributed by atoms with Gasteiger partial charge in [0.1, 0.15) is 11.6 Å². The van der Waals surface area contributed by atoms with Crippen molar-refractivity contribution in [2.45, 2.75) is 0 Å². The van der Waals surface area contributed by atoms with Gasteiger partial charge in [0.05, 0.1) is 24.0 Å². The normalized spacial score (nSPS) is 11.2. The van der Waals surface area contributed by atoms with Crippen molar-refractivity contribution in [3.63, 3.8) is 0 Å². The lowest BCUT2D eigenvalue weighted by Crippen LogP contribution is -2.20. The Kier molecular flexibility index (Phi) is 4.83. The standard InChI is InChI=1S/C23H17FN2O3/c1-29-18-12-10-17(11-13-18)26-22(27)20-5-3-2-4-19(20)21(23(26)28)14-25-16-8-6-15(24)7-9-16/h2-14,28H,1H3. The van der Waals surface area contributed by atoms with Crippen LogP contribution in [-0.2, 0) is 0 Å². The molecule has 5 nitrogen and oxygen atoms in total. The van der Waals surface area contributed by atoms with Gasteiger partial charge in [-0.25, -0.2) is 8.96 Å². The zero-order valence-corrected chi connectivity index (χ0v) is 15.5. The van der Waals surface area contributed by atoms with Gasteiger partial charge < -0.3 is 9.84 Å². The summed E-state index contributed by atoms with van der Waals surface area (Å²) in [6.45, 7) is 0. The van der Waals surface area contributed by atoms with Gasteiger partial charge in [0.25, 0.3) is 5.56 Å². The first-order chi connectivity index (χ1) is 14.1. The average molecular weight is 388 g/mol. The van der Waals surface area contributed by atoms with E-state index < -0.39 is 0 Å². The van der Waals surface area contributed by atoms with Crippen molar-refractivity contribution in [3.8, 4) is 17.3 Å². The van der Waals surface area contributed by atoms with E-state index in [1.54, 1.807) is 55.6 Å². The highest BCUT2D eigenvalue weighted by Crippen LogP contribution is 2.27. The maximum atomic E-state index is 13.1. The molecular formula is C23H17FN2O3. The Bertz CT molecular complexity index is 1260. The fourth-order valence-electron chi connectivity index (χ4n) is 3.13. The molecule has 0 radical (unpaired) electrons. The number of fused-ring (bicyclic) bond motifs is 1. The van der Waals surface area contributed by atoms with E-state index in [1.165, 1.54) is 35.0 Å². The predicted octanol–water partition coefficient (Wildman–Crippen LogP) is 4.59. The van der Waals surface area contributed by atoms with Gasteiger partial charge in [-0.15, -0.1) is 0 Å². The molecule has 144 valence electrons. The number of ether oxygens (including phenoxy) is 1. The molecule has 0 aliphatic heterocycles. The Hall–Kier alpha value is -3.93. The van der Waals surface area contributed by atoms with Crippen LogP contribution in [0.5, 0.6) is 11.6 Å². The van der Waals surface area contributed by atoms with Gasteiger partial charge in [-0.2, -0.15) is 0 Å². The number of rotatable bonds is 4. The van der Waals surface area contributed by atoms with Crippen LogP contribution in [0.25, 0.3) is 16.5 Å². The molecule has 0 saturated heterocycles. The zero-order chi connectivity index (χ0) is 20.4. The number of pyridine rings is 1. The predicted molar refractivity (Wildman–Crippen MR) is 111 cm³/mol. The van der Waals surface area contributed by atoms with Crippen LogP contribution in [0.4, 0.5) is 10.1 Å². The molecule has 0 spiro atoms. The second-order valence-electron chi connectivity index (χ2n) is 6.36. The molecule has 29 heavy (non-hydrogen) atoms. The van der Waals surface area contributed by atoms with Crippen molar-refractivity contribution in [2.75, 3.05) is 7.11 Å². The van der Waals surface area contributed by atoms with Gasteiger partial charge >= 0.3 is 0 Å². The van der Waals surface area contributed by atoms with Crippen molar-refractivity contribution in [2.24, 2.45) is 4.99 Å². The molecule has 3 aromatic carbocycles. The molecule has 0 saturated carbocycles. The van der Waals surface area contributed by atoms with Crippen LogP contribution in [0.2, 0.25) is 0 Å². The van der Waals surface area contributed by atoms with Crippen molar-refractivity contribution >= 4 is 22.7 Å². The largest absolute Gasteiger partial charge is 0.497 e. The Balaban J connectivity index is 1.93. The second-order valence-corrected chi connectivity index (χ2v) is 6.36. The lowest BCUT2D eigenvalue weighted by Gasteiger charge is -2.14. The fraction of sp³-hybridized carbons (Fsp3) is 0.0435. The summed E-state index contributed by atoms with van der Waals surface area (Å²) in [7, 11) is 1.55. The molecule has 1 aromatic heterocycles. The third-order valence-corrected chi connectivity index (χ3v) is 4.60.